The summed E-state index contributed by atoms with van der Waals surface area (Å²) in [4.78, 5) is 85.8. The summed E-state index contributed by atoms with van der Waals surface area (Å²) in [7, 11) is 0. The van der Waals surface area contributed by atoms with Crippen molar-refractivity contribution in [1.82, 2.24) is 21.3 Å². The molecule has 14 nitrogen and oxygen atoms in total. The first kappa shape index (κ1) is 40.7. The quantitative estimate of drug-likeness (QED) is 0.111. The van der Waals surface area contributed by atoms with Crippen molar-refractivity contribution in [2.75, 3.05) is 18.4 Å². The molecule has 4 atom stereocenters. The van der Waals surface area contributed by atoms with Crippen LogP contribution in [0.2, 0.25) is 0 Å². The van der Waals surface area contributed by atoms with Crippen LogP contribution in [0.1, 0.15) is 97.5 Å². The Hall–Kier alpha value is -4.49. The Kier molecular flexibility index (Phi) is 17.8. The molecular weight excluding hydrogens is 632 g/mol. The van der Waals surface area contributed by atoms with Crippen molar-refractivity contribution in [3.63, 3.8) is 0 Å². The molecule has 2 rings (SSSR count). The van der Waals surface area contributed by atoms with Crippen molar-refractivity contribution in [2.24, 2.45) is 23.5 Å². The van der Waals surface area contributed by atoms with E-state index in [1.807, 2.05) is 6.92 Å². The van der Waals surface area contributed by atoms with Crippen LogP contribution in [0.5, 0.6) is 0 Å². The van der Waals surface area contributed by atoms with Crippen LogP contribution in [0, 0.1) is 17.8 Å². The predicted molar refractivity (Wildman–Crippen MR) is 184 cm³/mol. The number of ether oxygens (including phenoxy) is 1. The van der Waals surface area contributed by atoms with Crippen molar-refractivity contribution >= 4 is 47.1 Å². The molecule has 7 N–H and O–H groups in total. The molecule has 1 aliphatic rings. The fourth-order valence-electron chi connectivity index (χ4n) is 5.72. The van der Waals surface area contributed by atoms with Crippen molar-refractivity contribution < 1.29 is 38.3 Å². The van der Waals surface area contributed by atoms with Gasteiger partial charge >= 0.3 is 12.1 Å². The standard InChI is InChI=1S/C35H54N6O8/c1-5-8-30(44)41-31(22(2)3)33(46)40-29(11-7-18-37-34(36)47)32(45)39-27-15-12-25(13-16-27)21-49-35(48)38-20-28(43)17-14-24-9-6-10-26(19-24)23(4)42/h12-13,15-16,22,24,26,29,31H,5-11,14,17-21H2,1-4H3,(H,38,48)(H,39,45)(H,40,46)(H,41,44)(H3,36,37,47)/t24?,26-,29-,31-/m0/s1. The third kappa shape index (κ3) is 16.0. The molecule has 0 radical (unpaired) electrons. The third-order valence-corrected chi connectivity index (χ3v) is 8.55. The number of nitrogens with two attached hydrogens (primary N) is 1. The summed E-state index contributed by atoms with van der Waals surface area (Å²) in [6.07, 6.45) is 5.52. The van der Waals surface area contributed by atoms with E-state index in [0.29, 0.717) is 42.9 Å². The number of ketones is 2. The Labute approximate surface area is 288 Å². The van der Waals surface area contributed by atoms with E-state index >= 15 is 0 Å². The van der Waals surface area contributed by atoms with E-state index in [0.717, 1.165) is 25.7 Å². The predicted octanol–water partition coefficient (Wildman–Crippen LogP) is 3.47. The number of hydrogen-bond donors (Lipinski definition) is 6. The van der Waals surface area contributed by atoms with Gasteiger partial charge in [0.1, 0.15) is 24.5 Å². The van der Waals surface area contributed by atoms with Gasteiger partial charge in [-0.3, -0.25) is 24.0 Å². The number of benzene rings is 1. The minimum Gasteiger partial charge on any atom is -0.445 e. The Morgan fingerprint density at radius 3 is 2.29 bits per heavy atom. The van der Waals surface area contributed by atoms with Crippen molar-refractivity contribution in [1.29, 1.82) is 0 Å². The van der Waals surface area contributed by atoms with Crippen LogP contribution >= 0.6 is 0 Å². The molecule has 0 heterocycles. The highest BCUT2D eigenvalue weighted by molar-refractivity contribution is 5.98. The second-order valence-corrected chi connectivity index (χ2v) is 13.1. The summed E-state index contributed by atoms with van der Waals surface area (Å²) in [6.45, 7) is 7.08. The average molecular weight is 687 g/mol. The normalized spacial score (nSPS) is 16.8. The van der Waals surface area contributed by atoms with Crippen LogP contribution in [0.3, 0.4) is 0 Å². The average Bonchev–Trinajstić information content (AvgIpc) is 3.06. The first-order valence-electron chi connectivity index (χ1n) is 17.2. The first-order chi connectivity index (χ1) is 23.3. The lowest BCUT2D eigenvalue weighted by Gasteiger charge is -2.27. The number of carbonyl (C=O) groups excluding carboxylic acids is 7. The number of Topliss-reactive ketones (excluding diaryl/α,β-unsaturated/α-hetero) is 2. The Bertz CT molecular complexity index is 1290. The molecule has 14 heteroatoms. The van der Waals surface area contributed by atoms with Crippen LogP contribution in [0.15, 0.2) is 24.3 Å². The van der Waals surface area contributed by atoms with E-state index in [9.17, 15) is 33.6 Å². The number of anilines is 1. The van der Waals surface area contributed by atoms with E-state index in [4.69, 9.17) is 10.5 Å². The molecule has 0 aromatic heterocycles. The molecule has 0 aliphatic heterocycles. The van der Waals surface area contributed by atoms with Gasteiger partial charge in [-0.2, -0.15) is 0 Å². The Morgan fingerprint density at radius 1 is 0.939 bits per heavy atom. The van der Waals surface area contributed by atoms with Gasteiger partial charge in [-0.15, -0.1) is 0 Å². The van der Waals surface area contributed by atoms with Crippen LogP contribution in [0.25, 0.3) is 0 Å². The molecule has 0 bridgehead atoms. The van der Waals surface area contributed by atoms with Gasteiger partial charge in [-0.05, 0) is 75.0 Å². The Balaban J connectivity index is 1.86. The zero-order valence-electron chi connectivity index (χ0n) is 29.2. The molecular formula is C35H54N6O8. The lowest BCUT2D eigenvalue weighted by molar-refractivity contribution is -0.132. The number of alkyl carbamates (subject to hydrolysis) is 1. The van der Waals surface area contributed by atoms with Gasteiger partial charge in [0.15, 0.2) is 5.78 Å². The van der Waals surface area contributed by atoms with Gasteiger partial charge in [-0.25, -0.2) is 9.59 Å². The zero-order chi connectivity index (χ0) is 36.3. The molecule has 1 aliphatic carbocycles. The summed E-state index contributed by atoms with van der Waals surface area (Å²) in [5.41, 5.74) is 6.20. The largest absolute Gasteiger partial charge is 0.445 e. The highest BCUT2D eigenvalue weighted by atomic mass is 16.5. The molecule has 49 heavy (non-hydrogen) atoms. The summed E-state index contributed by atoms with van der Waals surface area (Å²) < 4.78 is 5.23. The van der Waals surface area contributed by atoms with Gasteiger partial charge in [-0.1, -0.05) is 45.7 Å². The smallest absolute Gasteiger partial charge is 0.407 e. The molecule has 6 amide bonds. The van der Waals surface area contributed by atoms with E-state index in [1.54, 1.807) is 45.0 Å². The van der Waals surface area contributed by atoms with Gasteiger partial charge in [0.2, 0.25) is 17.7 Å². The number of hydrogen-bond acceptors (Lipinski definition) is 8. The zero-order valence-corrected chi connectivity index (χ0v) is 29.2. The first-order valence-corrected chi connectivity index (χ1v) is 17.2. The lowest BCUT2D eigenvalue weighted by atomic mass is 9.77. The molecule has 1 saturated carbocycles. The molecule has 1 fully saturated rings. The maximum absolute atomic E-state index is 13.3. The van der Waals surface area contributed by atoms with E-state index in [-0.39, 0.29) is 61.8 Å². The molecule has 0 saturated heterocycles. The molecule has 1 aromatic carbocycles. The van der Waals surface area contributed by atoms with Gasteiger partial charge in [0, 0.05) is 31.0 Å². The second kappa shape index (κ2) is 21.5. The molecule has 1 aromatic rings. The highest BCUT2D eigenvalue weighted by Gasteiger charge is 2.29. The molecule has 272 valence electrons. The van der Waals surface area contributed by atoms with E-state index in [2.05, 4.69) is 26.6 Å². The fourth-order valence-corrected chi connectivity index (χ4v) is 5.72. The van der Waals surface area contributed by atoms with Crippen molar-refractivity contribution in [3.8, 4) is 0 Å². The van der Waals surface area contributed by atoms with Crippen molar-refractivity contribution in [2.45, 2.75) is 111 Å². The van der Waals surface area contributed by atoms with Gasteiger partial charge in [0.25, 0.3) is 0 Å². The van der Waals surface area contributed by atoms with Crippen molar-refractivity contribution in [3.05, 3.63) is 29.8 Å². The molecule has 0 spiro atoms. The van der Waals surface area contributed by atoms with Gasteiger partial charge < -0.3 is 37.1 Å². The topological polar surface area (TPSA) is 215 Å². The summed E-state index contributed by atoms with van der Waals surface area (Å²) in [5.74, 6) is -0.920. The number of nitrogens with one attached hydrogen (secondary N) is 5. The van der Waals surface area contributed by atoms with Crippen LogP contribution in [0.4, 0.5) is 15.3 Å². The Morgan fingerprint density at radius 2 is 1.65 bits per heavy atom. The number of urea groups is 1. The number of primary amides is 1. The van der Waals surface area contributed by atoms with Crippen LogP contribution in [-0.4, -0.2) is 66.6 Å². The lowest BCUT2D eigenvalue weighted by Crippen LogP contribution is -2.54. The maximum atomic E-state index is 13.3. The van der Waals surface area contributed by atoms with Gasteiger partial charge in [0.05, 0.1) is 6.54 Å². The summed E-state index contributed by atoms with van der Waals surface area (Å²) in [5, 5.41) is 13.2. The van der Waals surface area contributed by atoms with Crippen LogP contribution < -0.4 is 32.3 Å². The number of amides is 6. The number of carbonyl (C=O) groups is 7. The third-order valence-electron chi connectivity index (χ3n) is 8.55. The molecule has 1 unspecified atom stereocenters. The fraction of sp³-hybridized carbons (Fsp3) is 0.629. The summed E-state index contributed by atoms with van der Waals surface area (Å²) >= 11 is 0. The minimum atomic E-state index is -0.971. The summed E-state index contributed by atoms with van der Waals surface area (Å²) in [6, 6.07) is 4.06. The van der Waals surface area contributed by atoms with E-state index < -0.39 is 36.0 Å². The minimum absolute atomic E-state index is 0.0609. The second-order valence-electron chi connectivity index (χ2n) is 13.1. The van der Waals surface area contributed by atoms with Crippen LogP contribution in [-0.2, 0) is 35.3 Å². The van der Waals surface area contributed by atoms with E-state index in [1.165, 1.54) is 0 Å². The highest BCUT2D eigenvalue weighted by Crippen LogP contribution is 2.32. The SMILES string of the molecule is CCCC(=O)N[C@H](C(=O)N[C@@H](CCCNC(N)=O)C(=O)Nc1ccc(COC(=O)NCC(=O)CCC2CCC[C@H](C(C)=O)C2)cc1)C(C)C. The number of rotatable bonds is 20. The monoisotopic (exact) mass is 686 g/mol. The maximum Gasteiger partial charge on any atom is 0.407 e.